The van der Waals surface area contributed by atoms with Crippen LogP contribution in [0, 0.1) is 6.92 Å². The molecule has 1 aliphatic heterocycles. The number of rotatable bonds is 6. The summed E-state index contributed by atoms with van der Waals surface area (Å²) in [4.78, 5) is 18.7. The van der Waals surface area contributed by atoms with Gasteiger partial charge < -0.3 is 15.0 Å². The lowest BCUT2D eigenvalue weighted by Gasteiger charge is -2.26. The Kier molecular flexibility index (Phi) is 6.34. The number of anilines is 1. The van der Waals surface area contributed by atoms with E-state index >= 15 is 0 Å². The topological polar surface area (TPSA) is 54.5 Å². The van der Waals surface area contributed by atoms with Crippen LogP contribution < -0.4 is 10.1 Å². The zero-order valence-electron chi connectivity index (χ0n) is 15.0. The lowest BCUT2D eigenvalue weighted by Crippen LogP contribution is -2.35. The quantitative estimate of drug-likeness (QED) is 0.772. The molecule has 3 rings (SSSR count). The van der Waals surface area contributed by atoms with Crippen molar-refractivity contribution in [3.63, 3.8) is 0 Å². The van der Waals surface area contributed by atoms with Crippen molar-refractivity contribution in [3.8, 4) is 5.75 Å². The number of hydrogen-bond acceptors (Lipinski definition) is 4. The highest BCUT2D eigenvalue weighted by Gasteiger charge is 2.19. The van der Waals surface area contributed by atoms with Crippen LogP contribution in [0.5, 0.6) is 5.75 Å². The number of amides is 1. The lowest BCUT2D eigenvalue weighted by molar-refractivity contribution is 0.0724. The third-order valence-corrected chi connectivity index (χ3v) is 4.67. The van der Waals surface area contributed by atoms with E-state index in [0.717, 1.165) is 37.2 Å². The van der Waals surface area contributed by atoms with Crippen LogP contribution in [0.4, 0.5) is 5.82 Å². The highest BCUT2D eigenvalue weighted by molar-refractivity contribution is 6.33. The number of benzene rings is 1. The van der Waals surface area contributed by atoms with Crippen LogP contribution in [0.2, 0.25) is 5.02 Å². The summed E-state index contributed by atoms with van der Waals surface area (Å²) in [5, 5.41) is 3.60. The first kappa shape index (κ1) is 18.5. The molecule has 0 unspecified atom stereocenters. The molecule has 1 aliphatic rings. The van der Waals surface area contributed by atoms with Gasteiger partial charge in [0.05, 0.1) is 17.1 Å². The Hall–Kier alpha value is -2.27. The largest absolute Gasteiger partial charge is 0.492 e. The first-order valence-electron chi connectivity index (χ1n) is 9.01. The molecule has 2 aromatic rings. The van der Waals surface area contributed by atoms with E-state index in [-0.39, 0.29) is 5.91 Å². The zero-order chi connectivity index (χ0) is 18.4. The van der Waals surface area contributed by atoms with E-state index in [9.17, 15) is 4.79 Å². The van der Waals surface area contributed by atoms with Gasteiger partial charge in [0, 0.05) is 19.3 Å². The summed E-state index contributed by atoms with van der Waals surface area (Å²) < 4.78 is 5.70. The van der Waals surface area contributed by atoms with E-state index in [1.165, 1.54) is 6.42 Å². The molecule has 2 heterocycles. The van der Waals surface area contributed by atoms with Crippen molar-refractivity contribution in [2.75, 3.05) is 31.6 Å². The van der Waals surface area contributed by atoms with Gasteiger partial charge in [-0.3, -0.25) is 4.79 Å². The van der Waals surface area contributed by atoms with E-state index in [4.69, 9.17) is 16.3 Å². The van der Waals surface area contributed by atoms with Gasteiger partial charge in [0.2, 0.25) is 0 Å². The second kappa shape index (κ2) is 8.90. The van der Waals surface area contributed by atoms with Crippen molar-refractivity contribution in [1.29, 1.82) is 0 Å². The maximum Gasteiger partial charge on any atom is 0.255 e. The fourth-order valence-electron chi connectivity index (χ4n) is 3.01. The van der Waals surface area contributed by atoms with Crippen LogP contribution in [0.25, 0.3) is 0 Å². The van der Waals surface area contributed by atoms with Crippen LogP contribution in [0.3, 0.4) is 0 Å². The van der Waals surface area contributed by atoms with Gasteiger partial charge in [0.15, 0.2) is 0 Å². The van der Waals surface area contributed by atoms with E-state index in [1.807, 2.05) is 36.1 Å². The van der Waals surface area contributed by atoms with E-state index < -0.39 is 0 Å². The number of carbonyl (C=O) groups is 1. The second-order valence-corrected chi connectivity index (χ2v) is 6.91. The fourth-order valence-corrected chi connectivity index (χ4v) is 3.24. The SMILES string of the molecule is Cc1cccc(OCCNc2ncc(C(=O)N3CCCCC3)cc2Cl)c1. The summed E-state index contributed by atoms with van der Waals surface area (Å²) in [6.07, 6.45) is 4.91. The molecule has 1 N–H and O–H groups in total. The molecule has 1 aromatic carbocycles. The summed E-state index contributed by atoms with van der Waals surface area (Å²) in [7, 11) is 0. The lowest BCUT2D eigenvalue weighted by atomic mass is 10.1. The van der Waals surface area contributed by atoms with Crippen LogP contribution in [0.1, 0.15) is 35.2 Å². The number of carbonyl (C=O) groups excluding carboxylic acids is 1. The molecule has 1 aromatic heterocycles. The molecular formula is C20H24ClN3O2. The smallest absolute Gasteiger partial charge is 0.255 e. The first-order chi connectivity index (χ1) is 12.6. The van der Waals surface area contributed by atoms with Crippen molar-refractivity contribution < 1.29 is 9.53 Å². The van der Waals surface area contributed by atoms with Crippen LogP contribution in [-0.2, 0) is 0 Å². The van der Waals surface area contributed by atoms with Gasteiger partial charge in [-0.15, -0.1) is 0 Å². The van der Waals surface area contributed by atoms with Crippen molar-refractivity contribution >= 4 is 23.3 Å². The molecular weight excluding hydrogens is 350 g/mol. The molecule has 138 valence electrons. The van der Waals surface area contributed by atoms with Crippen molar-refractivity contribution in [1.82, 2.24) is 9.88 Å². The highest BCUT2D eigenvalue weighted by atomic mass is 35.5. The molecule has 1 amide bonds. The normalized spacial score (nSPS) is 14.2. The Labute approximate surface area is 159 Å². The standard InChI is InChI=1S/C20H24ClN3O2/c1-15-6-5-7-17(12-15)26-11-8-22-19-18(21)13-16(14-23-19)20(25)24-9-3-2-4-10-24/h5-7,12-14H,2-4,8-11H2,1H3,(H,22,23). The van der Waals surface area contributed by atoms with Gasteiger partial charge in [-0.25, -0.2) is 4.98 Å². The molecule has 6 heteroatoms. The third-order valence-electron chi connectivity index (χ3n) is 4.38. The number of halogens is 1. The summed E-state index contributed by atoms with van der Waals surface area (Å²) in [5.74, 6) is 1.41. The number of nitrogens with one attached hydrogen (secondary N) is 1. The van der Waals surface area contributed by atoms with E-state index in [1.54, 1.807) is 12.3 Å². The van der Waals surface area contributed by atoms with E-state index in [2.05, 4.69) is 10.3 Å². The van der Waals surface area contributed by atoms with Crippen molar-refractivity contribution in [2.45, 2.75) is 26.2 Å². The van der Waals surface area contributed by atoms with Gasteiger partial charge in [-0.1, -0.05) is 23.7 Å². The minimum absolute atomic E-state index is 0.00781. The highest BCUT2D eigenvalue weighted by Crippen LogP contribution is 2.22. The van der Waals surface area contributed by atoms with Crippen LogP contribution >= 0.6 is 11.6 Å². The number of aryl methyl sites for hydroxylation is 1. The van der Waals surface area contributed by atoms with Crippen LogP contribution in [-0.4, -0.2) is 42.0 Å². The average Bonchev–Trinajstić information content (AvgIpc) is 2.66. The molecule has 26 heavy (non-hydrogen) atoms. The zero-order valence-corrected chi connectivity index (χ0v) is 15.8. The Morgan fingerprint density at radius 1 is 1.27 bits per heavy atom. The van der Waals surface area contributed by atoms with Gasteiger partial charge in [-0.05, 0) is 49.9 Å². The minimum Gasteiger partial charge on any atom is -0.492 e. The number of piperidine rings is 1. The molecule has 0 bridgehead atoms. The molecule has 0 saturated carbocycles. The number of pyridine rings is 1. The Balaban J connectivity index is 1.51. The average molecular weight is 374 g/mol. The molecule has 1 saturated heterocycles. The first-order valence-corrected chi connectivity index (χ1v) is 9.39. The Bertz CT molecular complexity index is 760. The molecule has 1 fully saturated rings. The predicted molar refractivity (Wildman–Crippen MR) is 104 cm³/mol. The Morgan fingerprint density at radius 2 is 2.08 bits per heavy atom. The second-order valence-electron chi connectivity index (χ2n) is 6.50. The summed E-state index contributed by atoms with van der Waals surface area (Å²) in [5.41, 5.74) is 1.70. The van der Waals surface area contributed by atoms with Crippen molar-refractivity contribution in [3.05, 3.63) is 52.7 Å². The number of ether oxygens (including phenoxy) is 1. The number of hydrogen-bond donors (Lipinski definition) is 1. The number of aromatic nitrogens is 1. The molecule has 0 aliphatic carbocycles. The summed E-state index contributed by atoms with van der Waals surface area (Å²) in [6, 6.07) is 9.61. The number of likely N-dealkylation sites (tertiary alicyclic amines) is 1. The third kappa shape index (κ3) is 4.88. The van der Waals surface area contributed by atoms with Gasteiger partial charge in [0.25, 0.3) is 5.91 Å². The predicted octanol–water partition coefficient (Wildman–Crippen LogP) is 4.16. The van der Waals surface area contributed by atoms with Gasteiger partial charge in [-0.2, -0.15) is 0 Å². The van der Waals surface area contributed by atoms with Crippen molar-refractivity contribution in [2.24, 2.45) is 0 Å². The molecule has 0 spiro atoms. The van der Waals surface area contributed by atoms with Crippen LogP contribution in [0.15, 0.2) is 36.5 Å². The monoisotopic (exact) mass is 373 g/mol. The molecule has 5 nitrogen and oxygen atoms in total. The number of nitrogens with zero attached hydrogens (tertiary/aromatic N) is 2. The summed E-state index contributed by atoms with van der Waals surface area (Å²) >= 11 is 6.29. The van der Waals surface area contributed by atoms with E-state index in [0.29, 0.717) is 29.6 Å². The minimum atomic E-state index is 0.00781. The molecule has 0 atom stereocenters. The summed E-state index contributed by atoms with van der Waals surface area (Å²) in [6.45, 7) is 4.72. The maximum atomic E-state index is 12.5. The Morgan fingerprint density at radius 3 is 2.81 bits per heavy atom. The molecule has 0 radical (unpaired) electrons. The maximum absolute atomic E-state index is 12.5. The van der Waals surface area contributed by atoms with Gasteiger partial charge >= 0.3 is 0 Å². The fraction of sp³-hybridized carbons (Fsp3) is 0.400. The van der Waals surface area contributed by atoms with Gasteiger partial charge in [0.1, 0.15) is 18.2 Å².